The molecule has 2 nitrogen and oxygen atoms in total. The third-order valence-corrected chi connectivity index (χ3v) is 3.60. The van der Waals surface area contributed by atoms with Crippen molar-refractivity contribution < 1.29 is 18.6 Å². The van der Waals surface area contributed by atoms with E-state index in [0.29, 0.717) is 5.56 Å². The molecule has 0 heterocycles. The van der Waals surface area contributed by atoms with Crippen LogP contribution in [0.3, 0.4) is 0 Å². The molecule has 0 bridgehead atoms. The Kier molecular flexibility index (Phi) is 4.73. The fourth-order valence-corrected chi connectivity index (χ4v) is 2.33. The normalized spacial score (nSPS) is 12.2. The Morgan fingerprint density at radius 2 is 2.00 bits per heavy atom. The molecule has 0 amide bonds. The van der Waals surface area contributed by atoms with Crippen molar-refractivity contribution in [1.29, 1.82) is 0 Å². The van der Waals surface area contributed by atoms with E-state index in [0.717, 1.165) is 0 Å². The Balaban J connectivity index is 2.21. The molecule has 0 saturated heterocycles. The van der Waals surface area contributed by atoms with Gasteiger partial charge in [-0.2, -0.15) is 0 Å². The van der Waals surface area contributed by atoms with Gasteiger partial charge in [-0.15, -0.1) is 0 Å². The number of methoxy groups -OCH3 is 1. The summed E-state index contributed by atoms with van der Waals surface area (Å²) in [7, 11) is 1.38. The lowest BCUT2D eigenvalue weighted by Gasteiger charge is -2.13. The minimum Gasteiger partial charge on any atom is -0.494 e. The van der Waals surface area contributed by atoms with Gasteiger partial charge in [0.2, 0.25) is 0 Å². The van der Waals surface area contributed by atoms with Gasteiger partial charge in [-0.1, -0.05) is 18.2 Å². The standard InChI is InChI=1S/C15H13BrF2O2/c1-20-14-6-5-9(7-12(14)17)8-13(19)10-3-2-4-11(16)15(10)18/h2-7,13,19H,8H2,1H3. The van der Waals surface area contributed by atoms with Crippen LogP contribution >= 0.6 is 15.9 Å². The minimum absolute atomic E-state index is 0.119. The Hall–Kier alpha value is -1.46. The van der Waals surface area contributed by atoms with E-state index in [4.69, 9.17) is 4.74 Å². The van der Waals surface area contributed by atoms with Gasteiger partial charge in [-0.25, -0.2) is 8.78 Å². The highest BCUT2D eigenvalue weighted by atomic mass is 79.9. The lowest BCUT2D eigenvalue weighted by atomic mass is 10.0. The van der Waals surface area contributed by atoms with E-state index < -0.39 is 17.7 Å². The lowest BCUT2D eigenvalue weighted by Crippen LogP contribution is -2.05. The summed E-state index contributed by atoms with van der Waals surface area (Å²) in [5.41, 5.74) is 0.741. The number of aliphatic hydroxyl groups excluding tert-OH is 1. The zero-order chi connectivity index (χ0) is 14.7. The maximum absolute atomic E-state index is 13.9. The largest absolute Gasteiger partial charge is 0.494 e. The Morgan fingerprint density at radius 3 is 2.65 bits per heavy atom. The van der Waals surface area contributed by atoms with Crippen LogP contribution in [0.5, 0.6) is 5.75 Å². The van der Waals surface area contributed by atoms with Crippen molar-refractivity contribution in [2.75, 3.05) is 7.11 Å². The Bertz CT molecular complexity index is 617. The number of halogens is 3. The average molecular weight is 343 g/mol. The van der Waals surface area contributed by atoms with Crippen LogP contribution in [0, 0.1) is 11.6 Å². The van der Waals surface area contributed by atoms with E-state index in [1.54, 1.807) is 18.2 Å². The molecule has 5 heteroatoms. The van der Waals surface area contributed by atoms with Gasteiger partial charge in [-0.05, 0) is 39.7 Å². The molecule has 0 spiro atoms. The first-order chi connectivity index (χ1) is 9.52. The molecular formula is C15H13BrF2O2. The number of hydrogen-bond acceptors (Lipinski definition) is 2. The fraction of sp³-hybridized carbons (Fsp3) is 0.200. The third kappa shape index (κ3) is 3.16. The summed E-state index contributed by atoms with van der Waals surface area (Å²) in [4.78, 5) is 0. The predicted molar refractivity (Wildman–Crippen MR) is 75.7 cm³/mol. The smallest absolute Gasteiger partial charge is 0.165 e. The maximum Gasteiger partial charge on any atom is 0.165 e. The van der Waals surface area contributed by atoms with Crippen molar-refractivity contribution in [1.82, 2.24) is 0 Å². The highest BCUT2D eigenvalue weighted by Gasteiger charge is 2.16. The van der Waals surface area contributed by atoms with Crippen LogP contribution in [0.25, 0.3) is 0 Å². The van der Waals surface area contributed by atoms with E-state index >= 15 is 0 Å². The number of ether oxygens (including phenoxy) is 1. The molecule has 1 atom stereocenters. The molecule has 0 aromatic heterocycles. The molecule has 2 aromatic carbocycles. The van der Waals surface area contributed by atoms with Gasteiger partial charge in [0.25, 0.3) is 0 Å². The monoisotopic (exact) mass is 342 g/mol. The van der Waals surface area contributed by atoms with Crippen LogP contribution in [-0.2, 0) is 6.42 Å². The molecule has 0 fully saturated rings. The summed E-state index contributed by atoms with van der Waals surface area (Å²) in [5.74, 6) is -0.877. The first-order valence-electron chi connectivity index (χ1n) is 5.97. The van der Waals surface area contributed by atoms with Crippen molar-refractivity contribution >= 4 is 15.9 Å². The van der Waals surface area contributed by atoms with Gasteiger partial charge in [0.1, 0.15) is 5.82 Å². The van der Waals surface area contributed by atoms with Gasteiger partial charge >= 0.3 is 0 Å². The van der Waals surface area contributed by atoms with Gasteiger partial charge in [-0.3, -0.25) is 0 Å². The second-order valence-electron chi connectivity index (χ2n) is 4.33. The van der Waals surface area contributed by atoms with Crippen molar-refractivity contribution in [3.8, 4) is 5.75 Å². The van der Waals surface area contributed by atoms with E-state index in [9.17, 15) is 13.9 Å². The molecule has 2 aromatic rings. The Morgan fingerprint density at radius 1 is 1.25 bits per heavy atom. The SMILES string of the molecule is COc1ccc(CC(O)c2cccc(Br)c2F)cc1F. The quantitative estimate of drug-likeness (QED) is 0.909. The third-order valence-electron chi connectivity index (χ3n) is 2.99. The van der Waals surface area contributed by atoms with Crippen LogP contribution in [0.2, 0.25) is 0 Å². The summed E-state index contributed by atoms with van der Waals surface area (Å²) < 4.78 is 32.5. The molecular weight excluding hydrogens is 330 g/mol. The summed E-state index contributed by atoms with van der Waals surface area (Å²) in [6.07, 6.45) is -0.922. The molecule has 0 aliphatic heterocycles. The number of rotatable bonds is 4. The van der Waals surface area contributed by atoms with Crippen LogP contribution < -0.4 is 4.74 Å². The molecule has 0 aliphatic carbocycles. The molecule has 0 aliphatic rings. The number of hydrogen-bond donors (Lipinski definition) is 1. The molecule has 1 unspecified atom stereocenters. The highest BCUT2D eigenvalue weighted by molar-refractivity contribution is 9.10. The number of benzene rings is 2. The maximum atomic E-state index is 13.9. The molecule has 1 N–H and O–H groups in total. The average Bonchev–Trinajstić information content (AvgIpc) is 2.42. The molecule has 0 radical (unpaired) electrons. The summed E-state index contributed by atoms with van der Waals surface area (Å²) in [6.45, 7) is 0. The zero-order valence-electron chi connectivity index (χ0n) is 10.7. The van der Waals surface area contributed by atoms with Crippen LogP contribution in [0.4, 0.5) is 8.78 Å². The second kappa shape index (κ2) is 6.33. The second-order valence-corrected chi connectivity index (χ2v) is 5.19. The molecule has 20 heavy (non-hydrogen) atoms. The fourth-order valence-electron chi connectivity index (χ4n) is 1.95. The Labute approximate surface area is 124 Å². The first-order valence-corrected chi connectivity index (χ1v) is 6.76. The van der Waals surface area contributed by atoms with E-state index in [1.807, 2.05) is 0 Å². The van der Waals surface area contributed by atoms with Gasteiger partial charge in [0, 0.05) is 12.0 Å². The predicted octanol–water partition coefficient (Wildman–Crippen LogP) is 4.01. The lowest BCUT2D eigenvalue weighted by molar-refractivity contribution is 0.173. The van der Waals surface area contributed by atoms with Crippen LogP contribution in [0.15, 0.2) is 40.9 Å². The van der Waals surface area contributed by atoms with Crippen molar-refractivity contribution in [2.24, 2.45) is 0 Å². The van der Waals surface area contributed by atoms with Crippen molar-refractivity contribution in [3.63, 3.8) is 0 Å². The first kappa shape index (κ1) is 14.9. The van der Waals surface area contributed by atoms with Gasteiger partial charge in [0.05, 0.1) is 17.7 Å². The van der Waals surface area contributed by atoms with Gasteiger partial charge < -0.3 is 9.84 Å². The van der Waals surface area contributed by atoms with Crippen LogP contribution in [-0.4, -0.2) is 12.2 Å². The van der Waals surface area contributed by atoms with Gasteiger partial charge in [0.15, 0.2) is 11.6 Å². The molecule has 106 valence electrons. The zero-order valence-corrected chi connectivity index (χ0v) is 12.3. The van der Waals surface area contributed by atoms with E-state index in [2.05, 4.69) is 15.9 Å². The summed E-state index contributed by atoms with van der Waals surface area (Å²) in [6, 6.07) is 9.09. The van der Waals surface area contributed by atoms with E-state index in [-0.39, 0.29) is 22.2 Å². The summed E-state index contributed by atoms with van der Waals surface area (Å²) in [5, 5.41) is 10.1. The van der Waals surface area contributed by atoms with Crippen molar-refractivity contribution in [3.05, 3.63) is 63.6 Å². The summed E-state index contributed by atoms with van der Waals surface area (Å²) >= 11 is 3.07. The minimum atomic E-state index is -1.04. The molecule has 2 rings (SSSR count). The number of aliphatic hydroxyl groups is 1. The van der Waals surface area contributed by atoms with E-state index in [1.165, 1.54) is 25.3 Å². The molecule has 0 saturated carbocycles. The van der Waals surface area contributed by atoms with Crippen molar-refractivity contribution in [2.45, 2.75) is 12.5 Å². The topological polar surface area (TPSA) is 29.5 Å². The van der Waals surface area contributed by atoms with Crippen LogP contribution in [0.1, 0.15) is 17.2 Å². The highest BCUT2D eigenvalue weighted by Crippen LogP contribution is 2.27.